The van der Waals surface area contributed by atoms with Crippen molar-refractivity contribution in [1.82, 2.24) is 5.32 Å². The van der Waals surface area contributed by atoms with Crippen LogP contribution in [0.2, 0.25) is 0 Å². The summed E-state index contributed by atoms with van der Waals surface area (Å²) in [6.07, 6.45) is -0.541. The number of rotatable bonds is 5. The third kappa shape index (κ3) is 2.89. The Morgan fingerprint density at radius 1 is 0.864 bits per heavy atom. The number of fused-ring (bicyclic) bond motifs is 1. The summed E-state index contributed by atoms with van der Waals surface area (Å²) in [6.45, 7) is 0.731. The fourth-order valence-corrected chi connectivity index (χ4v) is 3.06. The Kier molecular flexibility index (Phi) is 4.52. The number of nitrogens with one attached hydrogen (secondary N) is 1. The van der Waals surface area contributed by atoms with Crippen LogP contribution in [0.15, 0.2) is 72.8 Å². The maximum Gasteiger partial charge on any atom is 0.0876 e. The van der Waals surface area contributed by atoms with Gasteiger partial charge in [-0.25, -0.2) is 0 Å². The fraction of sp³-hybridized carbons (Fsp3) is 0.200. The first-order valence-electron chi connectivity index (χ1n) is 7.66. The van der Waals surface area contributed by atoms with E-state index in [2.05, 4.69) is 35.6 Å². The zero-order chi connectivity index (χ0) is 15.4. The topological polar surface area (TPSA) is 32.3 Å². The van der Waals surface area contributed by atoms with E-state index >= 15 is 0 Å². The van der Waals surface area contributed by atoms with Crippen molar-refractivity contribution >= 4 is 10.8 Å². The van der Waals surface area contributed by atoms with Crippen molar-refractivity contribution in [2.45, 2.75) is 12.0 Å². The second-order valence-electron chi connectivity index (χ2n) is 5.59. The van der Waals surface area contributed by atoms with Gasteiger partial charge in [0.2, 0.25) is 0 Å². The largest absolute Gasteiger partial charge is 0.388 e. The molecule has 0 unspecified atom stereocenters. The summed E-state index contributed by atoms with van der Waals surface area (Å²) >= 11 is 0. The van der Waals surface area contributed by atoms with Crippen molar-refractivity contribution in [2.24, 2.45) is 0 Å². The second-order valence-corrected chi connectivity index (χ2v) is 5.59. The van der Waals surface area contributed by atoms with Gasteiger partial charge in [0.25, 0.3) is 0 Å². The Labute approximate surface area is 131 Å². The third-order valence-corrected chi connectivity index (χ3v) is 4.17. The molecule has 3 aromatic rings. The molecule has 0 aliphatic carbocycles. The molecule has 3 aromatic carbocycles. The summed E-state index contributed by atoms with van der Waals surface area (Å²) < 4.78 is 0. The van der Waals surface area contributed by atoms with Gasteiger partial charge in [0.1, 0.15) is 0 Å². The Bertz CT molecular complexity index is 734. The van der Waals surface area contributed by atoms with E-state index < -0.39 is 6.10 Å². The van der Waals surface area contributed by atoms with Crippen LogP contribution in [0, 0.1) is 0 Å². The predicted octanol–water partition coefficient (Wildman–Crippen LogP) is 3.88. The zero-order valence-electron chi connectivity index (χ0n) is 12.7. The minimum absolute atomic E-state index is 0.0250. The molecule has 2 atom stereocenters. The highest BCUT2D eigenvalue weighted by atomic mass is 16.3. The van der Waals surface area contributed by atoms with E-state index in [1.807, 2.05) is 49.5 Å². The van der Waals surface area contributed by atoms with Crippen LogP contribution in [-0.2, 0) is 0 Å². The van der Waals surface area contributed by atoms with Crippen LogP contribution in [0.3, 0.4) is 0 Å². The number of aliphatic hydroxyl groups excluding tert-OH is 1. The molecule has 0 spiro atoms. The van der Waals surface area contributed by atoms with E-state index in [9.17, 15) is 5.11 Å². The minimum atomic E-state index is -0.541. The Morgan fingerprint density at radius 3 is 2.32 bits per heavy atom. The van der Waals surface area contributed by atoms with E-state index in [4.69, 9.17) is 0 Å². The SMILES string of the molecule is CNC[C@@H](c1ccccc1)[C@@H](O)c1cccc2ccccc12. The lowest BCUT2D eigenvalue weighted by molar-refractivity contribution is 0.145. The van der Waals surface area contributed by atoms with Crippen LogP contribution in [0.5, 0.6) is 0 Å². The molecule has 2 nitrogen and oxygen atoms in total. The standard InChI is InChI=1S/C20H21NO/c1-21-14-19(16-8-3-2-4-9-16)20(22)18-13-7-11-15-10-5-6-12-17(15)18/h2-13,19-22H,14H2,1H3/t19-,20-/m0/s1. The number of hydrogen-bond donors (Lipinski definition) is 2. The lowest BCUT2D eigenvalue weighted by atomic mass is 9.87. The normalized spacial score (nSPS) is 13.9. The summed E-state index contributed by atoms with van der Waals surface area (Å²) in [7, 11) is 1.92. The van der Waals surface area contributed by atoms with Crippen molar-refractivity contribution in [3.63, 3.8) is 0 Å². The lowest BCUT2D eigenvalue weighted by Crippen LogP contribution is -2.23. The van der Waals surface area contributed by atoms with Gasteiger partial charge < -0.3 is 10.4 Å². The molecule has 112 valence electrons. The van der Waals surface area contributed by atoms with Gasteiger partial charge in [-0.3, -0.25) is 0 Å². The molecule has 0 radical (unpaired) electrons. The molecule has 3 rings (SSSR count). The van der Waals surface area contributed by atoms with Crippen LogP contribution < -0.4 is 5.32 Å². The van der Waals surface area contributed by atoms with Crippen LogP contribution in [-0.4, -0.2) is 18.7 Å². The zero-order valence-corrected chi connectivity index (χ0v) is 12.7. The summed E-state index contributed by atoms with van der Waals surface area (Å²) in [6, 6.07) is 24.5. The monoisotopic (exact) mass is 291 g/mol. The summed E-state index contributed by atoms with van der Waals surface area (Å²) in [5.41, 5.74) is 2.14. The van der Waals surface area contributed by atoms with Crippen LogP contribution >= 0.6 is 0 Å². The van der Waals surface area contributed by atoms with Gasteiger partial charge in [0.15, 0.2) is 0 Å². The van der Waals surface area contributed by atoms with Crippen molar-refractivity contribution in [3.8, 4) is 0 Å². The first-order valence-corrected chi connectivity index (χ1v) is 7.66. The van der Waals surface area contributed by atoms with E-state index in [-0.39, 0.29) is 5.92 Å². The fourth-order valence-electron chi connectivity index (χ4n) is 3.06. The molecule has 0 bridgehead atoms. The molecule has 0 heterocycles. The van der Waals surface area contributed by atoms with E-state index in [0.717, 1.165) is 28.4 Å². The number of benzene rings is 3. The molecule has 0 fully saturated rings. The molecule has 0 aliphatic heterocycles. The second kappa shape index (κ2) is 6.73. The first kappa shape index (κ1) is 14.8. The van der Waals surface area contributed by atoms with Gasteiger partial charge in [0, 0.05) is 12.5 Å². The van der Waals surface area contributed by atoms with E-state index in [1.54, 1.807) is 0 Å². The number of hydrogen-bond acceptors (Lipinski definition) is 2. The van der Waals surface area contributed by atoms with Gasteiger partial charge in [-0.05, 0) is 28.9 Å². The molecule has 0 saturated heterocycles. The molecule has 0 saturated carbocycles. The van der Waals surface area contributed by atoms with Gasteiger partial charge >= 0.3 is 0 Å². The highest BCUT2D eigenvalue weighted by Crippen LogP contribution is 2.34. The lowest BCUT2D eigenvalue weighted by Gasteiger charge is -2.24. The Balaban J connectivity index is 2.04. The number of aliphatic hydroxyl groups is 1. The maximum atomic E-state index is 11.0. The van der Waals surface area contributed by atoms with Crippen molar-refractivity contribution in [1.29, 1.82) is 0 Å². The first-order chi connectivity index (χ1) is 10.8. The van der Waals surface area contributed by atoms with E-state index in [0.29, 0.717) is 0 Å². The van der Waals surface area contributed by atoms with Crippen molar-refractivity contribution < 1.29 is 5.11 Å². The van der Waals surface area contributed by atoms with Crippen molar-refractivity contribution in [3.05, 3.63) is 83.9 Å². The maximum absolute atomic E-state index is 11.0. The highest BCUT2D eigenvalue weighted by molar-refractivity contribution is 5.86. The van der Waals surface area contributed by atoms with Crippen molar-refractivity contribution in [2.75, 3.05) is 13.6 Å². The minimum Gasteiger partial charge on any atom is -0.388 e. The average molecular weight is 291 g/mol. The summed E-state index contributed by atoms with van der Waals surface area (Å²) in [4.78, 5) is 0. The average Bonchev–Trinajstić information content (AvgIpc) is 2.59. The molecule has 2 heteroatoms. The quantitative estimate of drug-likeness (QED) is 0.748. The van der Waals surface area contributed by atoms with Gasteiger partial charge in [-0.2, -0.15) is 0 Å². The molecular formula is C20H21NO. The Morgan fingerprint density at radius 2 is 1.55 bits per heavy atom. The highest BCUT2D eigenvalue weighted by Gasteiger charge is 2.23. The van der Waals surface area contributed by atoms with Crippen LogP contribution in [0.1, 0.15) is 23.1 Å². The van der Waals surface area contributed by atoms with Gasteiger partial charge in [-0.1, -0.05) is 72.8 Å². The molecular weight excluding hydrogens is 270 g/mol. The Hall–Kier alpha value is -2.16. The predicted molar refractivity (Wildman–Crippen MR) is 92.0 cm³/mol. The summed E-state index contributed by atoms with van der Waals surface area (Å²) in [5.74, 6) is 0.0250. The van der Waals surface area contributed by atoms with Crippen LogP contribution in [0.4, 0.5) is 0 Å². The van der Waals surface area contributed by atoms with Crippen LogP contribution in [0.25, 0.3) is 10.8 Å². The van der Waals surface area contributed by atoms with E-state index in [1.165, 1.54) is 0 Å². The molecule has 0 amide bonds. The molecule has 0 aromatic heterocycles. The van der Waals surface area contributed by atoms with Gasteiger partial charge in [0.05, 0.1) is 6.10 Å². The molecule has 2 N–H and O–H groups in total. The van der Waals surface area contributed by atoms with Gasteiger partial charge in [-0.15, -0.1) is 0 Å². The summed E-state index contributed by atoms with van der Waals surface area (Å²) in [5, 5.41) is 16.5. The smallest absolute Gasteiger partial charge is 0.0876 e. The third-order valence-electron chi connectivity index (χ3n) is 4.17. The molecule has 22 heavy (non-hydrogen) atoms. The number of likely N-dealkylation sites (N-methyl/N-ethyl adjacent to an activating group) is 1. The molecule has 0 aliphatic rings.